The number of halogens is 1. The summed E-state index contributed by atoms with van der Waals surface area (Å²) in [7, 11) is 0. The largest absolute Gasteiger partial charge is 0.329 e. The van der Waals surface area contributed by atoms with Crippen LogP contribution in [0.25, 0.3) is 16.7 Å². The molecule has 1 N–H and O–H groups in total. The van der Waals surface area contributed by atoms with Crippen molar-refractivity contribution >= 4 is 34.9 Å². The number of aromatic nitrogens is 2. The normalized spacial score (nSPS) is 10.9. The summed E-state index contributed by atoms with van der Waals surface area (Å²) in [5.74, 6) is 0. The molecule has 3 rings (SSSR count). The second-order valence-electron chi connectivity index (χ2n) is 3.74. The standard InChI is InChI=1S/C13H9ClN2S/c14-10-7-4-8-11-12(10)15-13(17)16(11)9-5-2-1-3-6-9/h1-8H,(H,15,17). The van der Waals surface area contributed by atoms with E-state index in [1.807, 2.05) is 53.1 Å². The molecule has 17 heavy (non-hydrogen) atoms. The van der Waals surface area contributed by atoms with E-state index in [0.717, 1.165) is 16.7 Å². The van der Waals surface area contributed by atoms with Crippen LogP contribution in [0, 0.1) is 4.77 Å². The van der Waals surface area contributed by atoms with Gasteiger partial charge in [-0.2, -0.15) is 0 Å². The topological polar surface area (TPSA) is 20.7 Å². The highest BCUT2D eigenvalue weighted by Crippen LogP contribution is 2.25. The second kappa shape index (κ2) is 4.02. The molecule has 1 aromatic heterocycles. The lowest BCUT2D eigenvalue weighted by atomic mass is 10.3. The van der Waals surface area contributed by atoms with Crippen molar-refractivity contribution in [3.8, 4) is 5.69 Å². The molecule has 0 fully saturated rings. The second-order valence-corrected chi connectivity index (χ2v) is 4.53. The van der Waals surface area contributed by atoms with Gasteiger partial charge in [0.15, 0.2) is 4.77 Å². The molecule has 1 heterocycles. The van der Waals surface area contributed by atoms with E-state index in [2.05, 4.69) is 4.98 Å². The minimum absolute atomic E-state index is 0.652. The first-order valence-corrected chi connectivity index (χ1v) is 6.00. The lowest BCUT2D eigenvalue weighted by Crippen LogP contribution is -1.92. The molecule has 0 radical (unpaired) electrons. The highest BCUT2D eigenvalue weighted by Gasteiger charge is 2.07. The lowest BCUT2D eigenvalue weighted by Gasteiger charge is -2.03. The van der Waals surface area contributed by atoms with E-state index in [-0.39, 0.29) is 0 Å². The molecule has 0 aliphatic carbocycles. The number of hydrogen-bond donors (Lipinski definition) is 1. The van der Waals surface area contributed by atoms with Gasteiger partial charge < -0.3 is 4.98 Å². The van der Waals surface area contributed by atoms with Crippen molar-refractivity contribution < 1.29 is 0 Å². The van der Waals surface area contributed by atoms with Gasteiger partial charge in [0.25, 0.3) is 0 Å². The summed E-state index contributed by atoms with van der Waals surface area (Å²) in [4.78, 5) is 3.14. The Hall–Kier alpha value is -1.58. The average Bonchev–Trinajstić information content (AvgIpc) is 2.68. The van der Waals surface area contributed by atoms with Crippen molar-refractivity contribution in [3.05, 3.63) is 58.3 Å². The molecule has 2 nitrogen and oxygen atoms in total. The van der Waals surface area contributed by atoms with Gasteiger partial charge in [0.05, 0.1) is 16.1 Å². The molecule has 4 heteroatoms. The third-order valence-electron chi connectivity index (χ3n) is 2.68. The highest BCUT2D eigenvalue weighted by atomic mass is 35.5. The summed E-state index contributed by atoms with van der Waals surface area (Å²) in [5, 5.41) is 0.684. The van der Waals surface area contributed by atoms with Crippen LogP contribution in [0.4, 0.5) is 0 Å². The molecule has 0 aliphatic heterocycles. The Labute approximate surface area is 108 Å². The molecule has 0 saturated carbocycles. The third kappa shape index (κ3) is 1.68. The molecule has 0 spiro atoms. The lowest BCUT2D eigenvalue weighted by molar-refractivity contribution is 1.06. The summed E-state index contributed by atoms with van der Waals surface area (Å²) in [6, 6.07) is 15.8. The van der Waals surface area contributed by atoms with Gasteiger partial charge in [0.2, 0.25) is 0 Å². The maximum atomic E-state index is 6.14. The van der Waals surface area contributed by atoms with Crippen LogP contribution in [0.1, 0.15) is 0 Å². The van der Waals surface area contributed by atoms with Gasteiger partial charge in [-0.25, -0.2) is 0 Å². The molecule has 0 amide bonds. The Kier molecular flexibility index (Phi) is 2.50. The highest BCUT2D eigenvalue weighted by molar-refractivity contribution is 7.71. The number of para-hydroxylation sites is 2. The van der Waals surface area contributed by atoms with E-state index in [1.54, 1.807) is 0 Å². The van der Waals surface area contributed by atoms with E-state index in [9.17, 15) is 0 Å². The first-order valence-electron chi connectivity index (χ1n) is 5.22. The maximum Gasteiger partial charge on any atom is 0.182 e. The predicted molar refractivity (Wildman–Crippen MR) is 73.5 cm³/mol. The number of aromatic amines is 1. The number of H-pyrrole nitrogens is 1. The Morgan fingerprint density at radius 1 is 1.00 bits per heavy atom. The van der Waals surface area contributed by atoms with Crippen LogP contribution in [0.2, 0.25) is 5.02 Å². The molecule has 0 unspecified atom stereocenters. The van der Waals surface area contributed by atoms with Crippen LogP contribution in [0.5, 0.6) is 0 Å². The fourth-order valence-electron chi connectivity index (χ4n) is 1.93. The van der Waals surface area contributed by atoms with Gasteiger partial charge >= 0.3 is 0 Å². The van der Waals surface area contributed by atoms with Crippen LogP contribution < -0.4 is 0 Å². The summed E-state index contributed by atoms with van der Waals surface area (Å²) in [6.45, 7) is 0. The van der Waals surface area contributed by atoms with E-state index in [0.29, 0.717) is 9.79 Å². The number of nitrogens with zero attached hydrogens (tertiary/aromatic N) is 1. The van der Waals surface area contributed by atoms with Crippen molar-refractivity contribution in [2.75, 3.05) is 0 Å². The van der Waals surface area contributed by atoms with Crippen molar-refractivity contribution in [2.45, 2.75) is 0 Å². The van der Waals surface area contributed by atoms with Crippen LogP contribution in [0.3, 0.4) is 0 Å². The van der Waals surface area contributed by atoms with Gasteiger partial charge in [-0.15, -0.1) is 0 Å². The molecule has 0 aliphatic rings. The van der Waals surface area contributed by atoms with Crippen molar-refractivity contribution in [1.29, 1.82) is 0 Å². The summed E-state index contributed by atoms with van der Waals surface area (Å²) >= 11 is 11.5. The predicted octanol–water partition coefficient (Wildman–Crippen LogP) is 4.34. The smallest absolute Gasteiger partial charge is 0.182 e. The Morgan fingerprint density at radius 3 is 2.53 bits per heavy atom. The average molecular weight is 261 g/mol. The Morgan fingerprint density at radius 2 is 1.76 bits per heavy atom. The van der Waals surface area contributed by atoms with Gasteiger partial charge in [-0.1, -0.05) is 35.9 Å². The molecule has 84 valence electrons. The molecule has 0 saturated heterocycles. The van der Waals surface area contributed by atoms with Gasteiger partial charge in [0, 0.05) is 5.69 Å². The molecular weight excluding hydrogens is 252 g/mol. The zero-order valence-electron chi connectivity index (χ0n) is 8.85. The van der Waals surface area contributed by atoms with Crippen molar-refractivity contribution in [1.82, 2.24) is 9.55 Å². The fourth-order valence-corrected chi connectivity index (χ4v) is 2.45. The van der Waals surface area contributed by atoms with Crippen molar-refractivity contribution in [3.63, 3.8) is 0 Å². The summed E-state index contributed by atoms with van der Waals surface area (Å²) < 4.78 is 2.63. The van der Waals surface area contributed by atoms with E-state index < -0.39 is 0 Å². The minimum Gasteiger partial charge on any atom is -0.329 e. The van der Waals surface area contributed by atoms with Crippen LogP contribution in [-0.4, -0.2) is 9.55 Å². The molecule has 3 aromatic rings. The number of benzene rings is 2. The number of imidazole rings is 1. The quantitative estimate of drug-likeness (QED) is 0.646. The molecule has 0 atom stereocenters. The minimum atomic E-state index is 0.652. The van der Waals surface area contributed by atoms with Crippen LogP contribution in [0.15, 0.2) is 48.5 Å². The third-order valence-corrected chi connectivity index (χ3v) is 3.28. The van der Waals surface area contributed by atoms with Crippen molar-refractivity contribution in [2.24, 2.45) is 0 Å². The molecule has 0 bridgehead atoms. The summed E-state index contributed by atoms with van der Waals surface area (Å²) in [5.41, 5.74) is 2.91. The summed E-state index contributed by atoms with van der Waals surface area (Å²) in [6.07, 6.45) is 0. The SMILES string of the molecule is S=c1[nH]c2c(Cl)cccc2n1-c1ccccc1. The molecular formula is C13H9ClN2S. The monoisotopic (exact) mass is 260 g/mol. The van der Waals surface area contributed by atoms with Crippen LogP contribution in [-0.2, 0) is 0 Å². The maximum absolute atomic E-state index is 6.14. The Balaban J connectivity index is 2.42. The zero-order valence-corrected chi connectivity index (χ0v) is 10.4. The first kappa shape index (κ1) is 10.6. The van der Waals surface area contributed by atoms with Crippen LogP contribution >= 0.6 is 23.8 Å². The first-order chi connectivity index (χ1) is 8.27. The van der Waals surface area contributed by atoms with Gasteiger partial charge in [-0.05, 0) is 36.5 Å². The number of hydrogen-bond acceptors (Lipinski definition) is 1. The number of fused-ring (bicyclic) bond motifs is 1. The van der Waals surface area contributed by atoms with E-state index >= 15 is 0 Å². The number of rotatable bonds is 1. The van der Waals surface area contributed by atoms with E-state index in [1.165, 1.54) is 0 Å². The number of nitrogens with one attached hydrogen (secondary N) is 1. The Bertz CT molecular complexity index is 728. The molecule has 2 aromatic carbocycles. The zero-order chi connectivity index (χ0) is 11.8. The van der Waals surface area contributed by atoms with Gasteiger partial charge in [-0.3, -0.25) is 4.57 Å². The van der Waals surface area contributed by atoms with E-state index in [4.69, 9.17) is 23.8 Å². The fraction of sp³-hybridized carbons (Fsp3) is 0. The van der Waals surface area contributed by atoms with Gasteiger partial charge in [0.1, 0.15) is 0 Å².